The van der Waals surface area contributed by atoms with Gasteiger partial charge in [-0.05, 0) is 36.0 Å². The molecule has 0 amide bonds. The number of carbonyl (C=O) groups is 1. The van der Waals surface area contributed by atoms with Crippen molar-refractivity contribution in [1.82, 2.24) is 4.98 Å². The molecule has 0 aliphatic heterocycles. The van der Waals surface area contributed by atoms with Crippen LogP contribution in [0.2, 0.25) is 0 Å². The fourth-order valence-electron chi connectivity index (χ4n) is 1.66. The van der Waals surface area contributed by atoms with E-state index in [0.717, 1.165) is 15.9 Å². The second-order valence-electron chi connectivity index (χ2n) is 3.60. The van der Waals surface area contributed by atoms with Crippen LogP contribution in [0.3, 0.4) is 0 Å². The van der Waals surface area contributed by atoms with Crippen LogP contribution < -0.4 is 0 Å². The summed E-state index contributed by atoms with van der Waals surface area (Å²) in [6.07, 6.45) is 0.704. The Morgan fingerprint density at radius 2 is 2.06 bits per heavy atom. The summed E-state index contributed by atoms with van der Waals surface area (Å²) in [5.41, 5.74) is 1.09. The van der Waals surface area contributed by atoms with Gasteiger partial charge in [-0.25, -0.2) is 0 Å². The zero-order valence-corrected chi connectivity index (χ0v) is 9.66. The monoisotopic (exact) mass is 243 g/mol. The molecule has 0 saturated carbocycles. The van der Waals surface area contributed by atoms with E-state index in [0.29, 0.717) is 17.1 Å². The molecule has 0 aliphatic carbocycles. The third-order valence-electron chi connectivity index (χ3n) is 2.43. The maximum atomic E-state index is 10.5. The first kappa shape index (κ1) is 10.2. The number of aromatic nitrogens is 1. The molecule has 3 rings (SSSR count). The topological polar surface area (TPSA) is 46.0 Å². The van der Waals surface area contributed by atoms with E-state index in [2.05, 4.69) is 17.1 Å². The number of hydrogen-bond acceptors (Lipinski definition) is 3. The van der Waals surface area contributed by atoms with Gasteiger partial charge in [0.2, 0.25) is 0 Å². The molecule has 0 bridgehead atoms. The van der Waals surface area contributed by atoms with E-state index in [4.69, 9.17) is 4.42 Å². The number of carbonyl (C=O) groups excluding carboxylic acids is 1. The van der Waals surface area contributed by atoms with E-state index in [9.17, 15) is 4.79 Å². The minimum atomic E-state index is 0.351. The first-order chi connectivity index (χ1) is 8.35. The highest BCUT2D eigenvalue weighted by Crippen LogP contribution is 2.30. The molecule has 0 spiro atoms. The van der Waals surface area contributed by atoms with Crippen molar-refractivity contribution in [3.63, 3.8) is 0 Å². The molecule has 3 nitrogen and oxygen atoms in total. The summed E-state index contributed by atoms with van der Waals surface area (Å²) in [7, 11) is 0. The quantitative estimate of drug-likeness (QED) is 0.713. The van der Waals surface area contributed by atoms with Gasteiger partial charge in [0, 0.05) is 10.9 Å². The van der Waals surface area contributed by atoms with Gasteiger partial charge in [-0.2, -0.15) is 0 Å². The number of hydrogen-bond donors (Lipinski definition) is 1. The molecule has 4 heteroatoms. The van der Waals surface area contributed by atoms with E-state index in [1.54, 1.807) is 12.1 Å². The summed E-state index contributed by atoms with van der Waals surface area (Å²) in [4.78, 5) is 13.8. The average molecular weight is 243 g/mol. The largest absolute Gasteiger partial charge is 0.447 e. The zero-order valence-electron chi connectivity index (χ0n) is 8.84. The second-order valence-corrected chi connectivity index (χ2v) is 4.64. The van der Waals surface area contributed by atoms with E-state index in [1.807, 2.05) is 18.2 Å². The minimum Gasteiger partial charge on any atom is -0.447 e. The average Bonchev–Trinajstić information content (AvgIpc) is 2.94. The summed E-state index contributed by atoms with van der Waals surface area (Å²) in [6.45, 7) is 0. The Morgan fingerprint density at radius 1 is 1.18 bits per heavy atom. The molecule has 17 heavy (non-hydrogen) atoms. The summed E-state index contributed by atoms with van der Waals surface area (Å²) in [6, 6.07) is 13.6. The van der Waals surface area contributed by atoms with Crippen LogP contribution in [-0.4, -0.2) is 11.3 Å². The van der Waals surface area contributed by atoms with Crippen molar-refractivity contribution in [3.8, 4) is 0 Å². The van der Waals surface area contributed by atoms with E-state index in [-0.39, 0.29) is 0 Å². The van der Waals surface area contributed by atoms with Crippen LogP contribution in [0.15, 0.2) is 57.0 Å². The number of rotatable bonds is 3. The van der Waals surface area contributed by atoms with Crippen LogP contribution in [0.5, 0.6) is 0 Å². The number of para-hydroxylation sites is 1. The summed E-state index contributed by atoms with van der Waals surface area (Å²) in [5.74, 6) is 0.351. The lowest BCUT2D eigenvalue weighted by Gasteiger charge is -1.91. The summed E-state index contributed by atoms with van der Waals surface area (Å²) >= 11 is 1.47. The Hall–Kier alpha value is -1.94. The van der Waals surface area contributed by atoms with Crippen molar-refractivity contribution < 1.29 is 9.21 Å². The molecular formula is C13H9NO2S. The third kappa shape index (κ3) is 1.99. The smallest absolute Gasteiger partial charge is 0.185 e. The highest BCUT2D eigenvalue weighted by Gasteiger charge is 2.06. The Labute approximate surface area is 102 Å². The Bertz CT molecular complexity index is 636. The highest BCUT2D eigenvalue weighted by molar-refractivity contribution is 7.99. The minimum absolute atomic E-state index is 0.351. The van der Waals surface area contributed by atoms with Crippen molar-refractivity contribution in [2.75, 3.05) is 0 Å². The van der Waals surface area contributed by atoms with Crippen LogP contribution in [0, 0.1) is 0 Å². The molecule has 0 fully saturated rings. The molecule has 0 unspecified atom stereocenters. The number of benzene rings is 1. The lowest BCUT2D eigenvalue weighted by molar-refractivity contribution is 0.109. The van der Waals surface area contributed by atoms with Gasteiger partial charge in [-0.1, -0.05) is 18.2 Å². The zero-order chi connectivity index (χ0) is 11.7. The lowest BCUT2D eigenvalue weighted by atomic mass is 10.3. The fraction of sp³-hybridized carbons (Fsp3) is 0. The maximum Gasteiger partial charge on any atom is 0.185 e. The molecule has 2 aromatic heterocycles. The van der Waals surface area contributed by atoms with Crippen molar-refractivity contribution in [2.45, 2.75) is 10.1 Å². The Kier molecular flexibility index (Phi) is 2.49. The molecule has 2 heterocycles. The van der Waals surface area contributed by atoms with Gasteiger partial charge in [0.1, 0.15) is 0 Å². The number of aromatic amines is 1. The third-order valence-corrected chi connectivity index (χ3v) is 3.29. The highest BCUT2D eigenvalue weighted by atomic mass is 32.2. The predicted octanol–water partition coefficient (Wildman–Crippen LogP) is 3.72. The van der Waals surface area contributed by atoms with Crippen molar-refractivity contribution in [1.29, 1.82) is 0 Å². The van der Waals surface area contributed by atoms with Crippen LogP contribution in [0.1, 0.15) is 10.6 Å². The molecule has 0 aliphatic rings. The fourth-order valence-corrected chi connectivity index (χ4v) is 2.50. The number of fused-ring (bicyclic) bond motifs is 1. The van der Waals surface area contributed by atoms with Crippen LogP contribution >= 0.6 is 11.8 Å². The summed E-state index contributed by atoms with van der Waals surface area (Å²) in [5, 5.41) is 2.87. The number of H-pyrrole nitrogens is 1. The second kappa shape index (κ2) is 4.14. The van der Waals surface area contributed by atoms with Crippen LogP contribution in [0.4, 0.5) is 0 Å². The van der Waals surface area contributed by atoms with Crippen LogP contribution in [0.25, 0.3) is 10.9 Å². The Morgan fingerprint density at radius 3 is 2.82 bits per heavy atom. The standard InChI is InChI=1S/C13H9NO2S/c15-8-10-5-6-13(16-10)17-12-7-9-3-1-2-4-11(9)14-12/h1-8,14H. The van der Waals surface area contributed by atoms with Crippen molar-refractivity contribution >= 4 is 29.0 Å². The molecule has 0 radical (unpaired) electrons. The number of nitrogens with one attached hydrogen (secondary N) is 1. The molecule has 0 saturated heterocycles. The van der Waals surface area contributed by atoms with E-state index < -0.39 is 0 Å². The van der Waals surface area contributed by atoms with Gasteiger partial charge in [0.05, 0.1) is 5.03 Å². The molecule has 1 N–H and O–H groups in total. The lowest BCUT2D eigenvalue weighted by Crippen LogP contribution is -1.70. The maximum absolute atomic E-state index is 10.5. The van der Waals surface area contributed by atoms with E-state index >= 15 is 0 Å². The molecule has 0 atom stereocenters. The SMILES string of the molecule is O=Cc1ccc(Sc2cc3ccccc3[nH]2)o1. The normalized spacial score (nSPS) is 10.8. The van der Waals surface area contributed by atoms with Crippen molar-refractivity contribution in [2.24, 2.45) is 0 Å². The van der Waals surface area contributed by atoms with Crippen molar-refractivity contribution in [3.05, 3.63) is 48.2 Å². The first-order valence-electron chi connectivity index (χ1n) is 5.16. The predicted molar refractivity (Wildman–Crippen MR) is 66.5 cm³/mol. The molecular weight excluding hydrogens is 234 g/mol. The van der Waals surface area contributed by atoms with Gasteiger partial charge in [0.25, 0.3) is 0 Å². The molecule has 1 aromatic carbocycles. The van der Waals surface area contributed by atoms with Gasteiger partial charge in [0.15, 0.2) is 17.1 Å². The molecule has 3 aromatic rings. The van der Waals surface area contributed by atoms with Gasteiger partial charge in [-0.3, -0.25) is 4.79 Å². The number of furan rings is 1. The molecule has 84 valence electrons. The number of aldehydes is 1. The van der Waals surface area contributed by atoms with Crippen LogP contribution in [-0.2, 0) is 0 Å². The van der Waals surface area contributed by atoms with E-state index in [1.165, 1.54) is 11.8 Å². The summed E-state index contributed by atoms with van der Waals surface area (Å²) < 4.78 is 5.31. The van der Waals surface area contributed by atoms with Gasteiger partial charge in [-0.15, -0.1) is 0 Å². The first-order valence-corrected chi connectivity index (χ1v) is 5.97. The Balaban J connectivity index is 1.91. The van der Waals surface area contributed by atoms with Gasteiger partial charge < -0.3 is 9.40 Å². The van der Waals surface area contributed by atoms with Gasteiger partial charge >= 0.3 is 0 Å².